The van der Waals surface area contributed by atoms with Crippen molar-refractivity contribution >= 4 is 5.97 Å². The van der Waals surface area contributed by atoms with E-state index in [1.54, 1.807) is 0 Å². The molecule has 1 heterocycles. The molecule has 6 nitrogen and oxygen atoms in total. The maximum absolute atomic E-state index is 11.3. The van der Waals surface area contributed by atoms with Gasteiger partial charge in [-0.2, -0.15) is 5.10 Å². The molecule has 1 aromatic heterocycles. The second kappa shape index (κ2) is 6.02. The van der Waals surface area contributed by atoms with Crippen molar-refractivity contribution in [1.82, 2.24) is 9.78 Å². The number of carboxylic acid groups (broad SMARTS) is 1. The average molecular weight is 226 g/mol. The molecular formula is C10H14N2O4. The number of carboxylic acids is 1. The summed E-state index contributed by atoms with van der Waals surface area (Å²) in [6.07, 6.45) is 2.14. The maximum Gasteiger partial charge on any atom is 0.356 e. The zero-order chi connectivity index (χ0) is 12.0. The number of hydrogen-bond acceptors (Lipinski definition) is 4. The Balaban J connectivity index is 2.67. The first-order chi connectivity index (χ1) is 7.65. The predicted molar refractivity (Wildman–Crippen MR) is 56.4 cm³/mol. The Morgan fingerprint density at radius 3 is 2.69 bits per heavy atom. The summed E-state index contributed by atoms with van der Waals surface area (Å²) in [6, 6.07) is 2.39. The van der Waals surface area contributed by atoms with Gasteiger partial charge >= 0.3 is 5.97 Å². The van der Waals surface area contributed by atoms with Crippen LogP contribution in [0.25, 0.3) is 0 Å². The van der Waals surface area contributed by atoms with Gasteiger partial charge in [-0.05, 0) is 25.3 Å². The number of aromatic carboxylic acids is 1. The van der Waals surface area contributed by atoms with Gasteiger partial charge in [-0.3, -0.25) is 4.79 Å². The van der Waals surface area contributed by atoms with Crippen molar-refractivity contribution in [3.8, 4) is 0 Å². The van der Waals surface area contributed by atoms with Gasteiger partial charge in [0.1, 0.15) is 0 Å². The highest BCUT2D eigenvalue weighted by atomic mass is 16.4. The quantitative estimate of drug-likeness (QED) is 0.671. The highest BCUT2D eigenvalue weighted by molar-refractivity contribution is 5.84. The number of aliphatic hydroxyl groups is 1. The summed E-state index contributed by atoms with van der Waals surface area (Å²) in [5.74, 6) is -1.15. The summed E-state index contributed by atoms with van der Waals surface area (Å²) in [5, 5.41) is 21.0. The molecule has 0 unspecified atom stereocenters. The van der Waals surface area contributed by atoms with Crippen molar-refractivity contribution in [2.45, 2.75) is 25.8 Å². The molecule has 0 aliphatic carbocycles. The van der Waals surface area contributed by atoms with E-state index in [1.807, 2.05) is 0 Å². The van der Waals surface area contributed by atoms with E-state index in [0.717, 1.165) is 11.1 Å². The van der Waals surface area contributed by atoms with Crippen LogP contribution in [0.3, 0.4) is 0 Å². The number of nitrogens with zero attached hydrogens (tertiary/aromatic N) is 2. The van der Waals surface area contributed by atoms with Crippen LogP contribution in [0.15, 0.2) is 16.9 Å². The van der Waals surface area contributed by atoms with Gasteiger partial charge in [0, 0.05) is 19.2 Å². The molecule has 88 valence electrons. The van der Waals surface area contributed by atoms with Crippen LogP contribution in [0, 0.1) is 0 Å². The summed E-state index contributed by atoms with van der Waals surface area (Å²) < 4.78 is 1.14. The zero-order valence-electron chi connectivity index (χ0n) is 8.80. The Kier molecular flexibility index (Phi) is 4.65. The fourth-order valence-corrected chi connectivity index (χ4v) is 1.27. The van der Waals surface area contributed by atoms with Crippen molar-refractivity contribution in [3.63, 3.8) is 0 Å². The largest absolute Gasteiger partial charge is 0.476 e. The van der Waals surface area contributed by atoms with Crippen molar-refractivity contribution in [1.29, 1.82) is 0 Å². The van der Waals surface area contributed by atoms with Crippen molar-refractivity contribution in [2.24, 2.45) is 0 Å². The summed E-state index contributed by atoms with van der Waals surface area (Å²) >= 11 is 0. The summed E-state index contributed by atoms with van der Waals surface area (Å²) in [7, 11) is 0. The number of unbranched alkanes of at least 4 members (excludes halogenated alkanes) is 2. The zero-order valence-corrected chi connectivity index (χ0v) is 8.80. The summed E-state index contributed by atoms with van der Waals surface area (Å²) in [4.78, 5) is 21.9. The van der Waals surface area contributed by atoms with Gasteiger partial charge in [-0.15, -0.1) is 0 Å². The third-order valence-corrected chi connectivity index (χ3v) is 2.11. The number of aromatic nitrogens is 2. The Morgan fingerprint density at radius 2 is 2.06 bits per heavy atom. The molecule has 0 aliphatic rings. The first kappa shape index (κ1) is 12.4. The third kappa shape index (κ3) is 3.47. The van der Waals surface area contributed by atoms with Crippen molar-refractivity contribution in [3.05, 3.63) is 28.2 Å². The van der Waals surface area contributed by atoms with E-state index in [4.69, 9.17) is 10.2 Å². The Hall–Kier alpha value is -1.69. The Morgan fingerprint density at radius 1 is 1.31 bits per heavy atom. The summed E-state index contributed by atoms with van der Waals surface area (Å²) in [5.41, 5.74) is -0.448. The lowest BCUT2D eigenvalue weighted by molar-refractivity contribution is 0.0687. The van der Waals surface area contributed by atoms with Gasteiger partial charge in [0.15, 0.2) is 5.69 Å². The van der Waals surface area contributed by atoms with Crippen molar-refractivity contribution < 1.29 is 15.0 Å². The molecule has 0 saturated carbocycles. The molecule has 16 heavy (non-hydrogen) atoms. The molecule has 6 heteroatoms. The summed E-state index contributed by atoms with van der Waals surface area (Å²) in [6.45, 7) is 0.497. The smallest absolute Gasteiger partial charge is 0.356 e. The Labute approximate surface area is 92.2 Å². The van der Waals surface area contributed by atoms with Crippen LogP contribution < -0.4 is 5.56 Å². The lowest BCUT2D eigenvalue weighted by Gasteiger charge is -2.04. The van der Waals surface area contributed by atoms with Gasteiger partial charge in [-0.1, -0.05) is 0 Å². The normalized spacial score (nSPS) is 10.3. The lowest BCUT2D eigenvalue weighted by atomic mass is 10.2. The van der Waals surface area contributed by atoms with Gasteiger partial charge in [0.2, 0.25) is 0 Å². The van der Waals surface area contributed by atoms with Crippen LogP contribution in [-0.4, -0.2) is 32.6 Å². The number of hydrogen-bond donors (Lipinski definition) is 2. The van der Waals surface area contributed by atoms with Crippen LogP contribution in [0.4, 0.5) is 0 Å². The fraction of sp³-hybridized carbons (Fsp3) is 0.500. The van der Waals surface area contributed by atoms with Crippen LogP contribution in [0.1, 0.15) is 29.8 Å². The topological polar surface area (TPSA) is 92.4 Å². The molecule has 1 aromatic rings. The van der Waals surface area contributed by atoms with E-state index in [-0.39, 0.29) is 17.9 Å². The number of rotatable bonds is 6. The van der Waals surface area contributed by atoms with Gasteiger partial charge in [-0.25, -0.2) is 9.48 Å². The number of aryl methyl sites for hydroxylation is 1. The maximum atomic E-state index is 11.3. The van der Waals surface area contributed by atoms with Crippen LogP contribution >= 0.6 is 0 Å². The minimum Gasteiger partial charge on any atom is -0.476 e. The number of carbonyl (C=O) groups is 1. The second-order valence-electron chi connectivity index (χ2n) is 3.37. The second-order valence-corrected chi connectivity index (χ2v) is 3.37. The van der Waals surface area contributed by atoms with E-state index in [1.165, 1.54) is 12.1 Å². The van der Waals surface area contributed by atoms with E-state index in [9.17, 15) is 9.59 Å². The van der Waals surface area contributed by atoms with E-state index in [2.05, 4.69) is 5.10 Å². The van der Waals surface area contributed by atoms with E-state index in [0.29, 0.717) is 19.4 Å². The molecule has 0 fully saturated rings. The first-order valence-corrected chi connectivity index (χ1v) is 5.07. The van der Waals surface area contributed by atoms with Gasteiger partial charge in [0.05, 0.1) is 0 Å². The minimum absolute atomic E-state index is 0.123. The molecule has 2 N–H and O–H groups in total. The van der Waals surface area contributed by atoms with E-state index < -0.39 is 5.97 Å². The standard InChI is InChI=1S/C10H14N2O4/c13-7-3-1-2-6-12-9(14)5-4-8(11-12)10(15)16/h4-5,13H,1-3,6-7H2,(H,15,16). The molecule has 0 aliphatic heterocycles. The van der Waals surface area contributed by atoms with Crippen molar-refractivity contribution in [2.75, 3.05) is 6.61 Å². The lowest BCUT2D eigenvalue weighted by Crippen LogP contribution is -2.24. The molecule has 0 spiro atoms. The minimum atomic E-state index is -1.15. The molecule has 0 aromatic carbocycles. The molecular weight excluding hydrogens is 212 g/mol. The molecule has 0 bridgehead atoms. The fourth-order valence-electron chi connectivity index (χ4n) is 1.27. The SMILES string of the molecule is O=C(O)c1ccc(=O)n(CCCCCO)n1. The van der Waals surface area contributed by atoms with Crippen LogP contribution in [0.2, 0.25) is 0 Å². The van der Waals surface area contributed by atoms with E-state index >= 15 is 0 Å². The predicted octanol–water partition coefficient (Wildman–Crippen LogP) is 0.104. The Bertz CT molecular complexity index is 414. The van der Waals surface area contributed by atoms with Gasteiger partial charge in [0.25, 0.3) is 5.56 Å². The van der Waals surface area contributed by atoms with Gasteiger partial charge < -0.3 is 10.2 Å². The molecule has 0 radical (unpaired) electrons. The molecule has 0 atom stereocenters. The van der Waals surface area contributed by atoms with Crippen LogP contribution in [0.5, 0.6) is 0 Å². The van der Waals surface area contributed by atoms with Crippen LogP contribution in [-0.2, 0) is 6.54 Å². The molecule has 0 saturated heterocycles. The highest BCUT2D eigenvalue weighted by Crippen LogP contribution is 1.97. The molecule has 1 rings (SSSR count). The number of aliphatic hydroxyl groups excluding tert-OH is 1. The monoisotopic (exact) mass is 226 g/mol. The molecule has 0 amide bonds. The third-order valence-electron chi connectivity index (χ3n) is 2.11. The first-order valence-electron chi connectivity index (χ1n) is 5.07. The highest BCUT2D eigenvalue weighted by Gasteiger charge is 2.06. The average Bonchev–Trinajstić information content (AvgIpc) is 2.26.